The van der Waals surface area contributed by atoms with E-state index in [1.807, 2.05) is 12.3 Å². The lowest BCUT2D eigenvalue weighted by Crippen LogP contribution is -2.07. The minimum atomic E-state index is -0.186. The molecule has 1 heterocycles. The van der Waals surface area contributed by atoms with Crippen molar-refractivity contribution in [1.29, 1.82) is 0 Å². The van der Waals surface area contributed by atoms with Gasteiger partial charge in [0.25, 0.3) is 0 Å². The molecule has 0 aliphatic rings. The third-order valence-electron chi connectivity index (χ3n) is 3.00. The maximum Gasteiger partial charge on any atom is 0.177 e. The van der Waals surface area contributed by atoms with Crippen LogP contribution in [0.3, 0.4) is 0 Å². The van der Waals surface area contributed by atoms with Crippen molar-refractivity contribution in [2.24, 2.45) is 0 Å². The van der Waals surface area contributed by atoms with Gasteiger partial charge in [-0.25, -0.2) is 4.39 Å². The van der Waals surface area contributed by atoms with Gasteiger partial charge in [0.1, 0.15) is 5.82 Å². The number of aromatic nitrogens is 2. The number of hydrogen-bond acceptors (Lipinski definition) is 1. The molecular formula is C14H17FN2S. The number of nitrogens with zero attached hydrogens (tertiary/aromatic N) is 1. The first-order chi connectivity index (χ1) is 8.58. The van der Waals surface area contributed by atoms with Gasteiger partial charge in [0.2, 0.25) is 0 Å². The summed E-state index contributed by atoms with van der Waals surface area (Å²) in [4.78, 5) is 3.07. The van der Waals surface area contributed by atoms with Crippen molar-refractivity contribution in [1.82, 2.24) is 9.55 Å². The summed E-state index contributed by atoms with van der Waals surface area (Å²) in [6, 6.07) is 6.72. The zero-order valence-corrected chi connectivity index (χ0v) is 11.4. The normalized spacial score (nSPS) is 11.1. The molecule has 4 heteroatoms. The van der Waals surface area contributed by atoms with Gasteiger partial charge in [-0.2, -0.15) is 0 Å². The maximum absolute atomic E-state index is 13.1. The van der Waals surface area contributed by atoms with Crippen molar-refractivity contribution in [3.63, 3.8) is 0 Å². The Bertz CT molecular complexity index is 583. The largest absolute Gasteiger partial charge is 0.337 e. The standard InChI is InChI=1S/C14H17FN2S/c1-10(2)13-9-16-14(18)17(13)7-6-11-4-3-5-12(15)8-11/h3-5,8-10H,6-7H2,1-2H3,(H,16,18). The minimum Gasteiger partial charge on any atom is -0.337 e. The molecule has 0 saturated carbocycles. The van der Waals surface area contributed by atoms with Crippen LogP contribution in [0.1, 0.15) is 31.0 Å². The number of nitrogens with one attached hydrogen (secondary N) is 1. The Labute approximate surface area is 111 Å². The van der Waals surface area contributed by atoms with Crippen LogP contribution in [0, 0.1) is 10.6 Å². The second-order valence-corrected chi connectivity index (χ2v) is 5.09. The fourth-order valence-electron chi connectivity index (χ4n) is 2.05. The quantitative estimate of drug-likeness (QED) is 0.826. The molecule has 1 aromatic heterocycles. The Kier molecular flexibility index (Phi) is 3.97. The molecule has 2 aromatic rings. The lowest BCUT2D eigenvalue weighted by Gasteiger charge is -2.10. The van der Waals surface area contributed by atoms with Gasteiger partial charge in [0, 0.05) is 18.4 Å². The number of halogens is 1. The van der Waals surface area contributed by atoms with E-state index in [2.05, 4.69) is 23.4 Å². The van der Waals surface area contributed by atoms with Crippen LogP contribution in [-0.2, 0) is 13.0 Å². The van der Waals surface area contributed by atoms with Crippen LogP contribution in [0.2, 0.25) is 0 Å². The predicted octanol–water partition coefficient (Wildman–Crippen LogP) is 4.05. The predicted molar refractivity (Wildman–Crippen MR) is 73.8 cm³/mol. The number of aryl methyl sites for hydroxylation is 1. The summed E-state index contributed by atoms with van der Waals surface area (Å²) in [6.45, 7) is 5.05. The highest BCUT2D eigenvalue weighted by Gasteiger charge is 2.07. The van der Waals surface area contributed by atoms with Crippen molar-refractivity contribution < 1.29 is 4.39 Å². The summed E-state index contributed by atoms with van der Waals surface area (Å²) in [5, 5.41) is 0. The van der Waals surface area contributed by atoms with E-state index in [0.29, 0.717) is 5.92 Å². The fraction of sp³-hybridized carbons (Fsp3) is 0.357. The third-order valence-corrected chi connectivity index (χ3v) is 3.34. The van der Waals surface area contributed by atoms with Gasteiger partial charge in [-0.05, 0) is 42.3 Å². The fourth-order valence-corrected chi connectivity index (χ4v) is 2.31. The Balaban J connectivity index is 2.15. The molecule has 0 aliphatic carbocycles. The zero-order chi connectivity index (χ0) is 13.1. The molecular weight excluding hydrogens is 247 g/mol. The molecule has 2 nitrogen and oxygen atoms in total. The second kappa shape index (κ2) is 5.48. The summed E-state index contributed by atoms with van der Waals surface area (Å²) in [7, 11) is 0. The van der Waals surface area contributed by atoms with Gasteiger partial charge >= 0.3 is 0 Å². The summed E-state index contributed by atoms with van der Waals surface area (Å²) < 4.78 is 15.9. The van der Waals surface area contributed by atoms with E-state index in [1.54, 1.807) is 12.1 Å². The van der Waals surface area contributed by atoms with Crippen LogP contribution < -0.4 is 0 Å². The smallest absolute Gasteiger partial charge is 0.177 e. The first kappa shape index (κ1) is 13.0. The second-order valence-electron chi connectivity index (χ2n) is 4.70. The number of rotatable bonds is 4. The van der Waals surface area contributed by atoms with Crippen molar-refractivity contribution in [3.05, 3.63) is 52.3 Å². The van der Waals surface area contributed by atoms with Crippen LogP contribution in [0.15, 0.2) is 30.5 Å². The SMILES string of the molecule is CC(C)c1c[nH]c(=S)n1CCc1cccc(F)c1. The number of benzene rings is 1. The summed E-state index contributed by atoms with van der Waals surface area (Å²) in [5.74, 6) is 0.236. The van der Waals surface area contributed by atoms with Crippen molar-refractivity contribution in [2.75, 3.05) is 0 Å². The molecule has 0 bridgehead atoms. The lowest BCUT2D eigenvalue weighted by molar-refractivity contribution is 0.611. The summed E-state index contributed by atoms with van der Waals surface area (Å²) in [6.07, 6.45) is 2.74. The van der Waals surface area contributed by atoms with Gasteiger partial charge in [-0.3, -0.25) is 0 Å². The molecule has 1 aromatic carbocycles. The molecule has 1 N–H and O–H groups in total. The molecule has 0 fully saturated rings. The molecule has 0 amide bonds. The summed E-state index contributed by atoms with van der Waals surface area (Å²) in [5.41, 5.74) is 2.18. The minimum absolute atomic E-state index is 0.186. The molecule has 0 spiro atoms. The van der Waals surface area contributed by atoms with E-state index in [0.717, 1.165) is 23.3 Å². The topological polar surface area (TPSA) is 20.7 Å². The van der Waals surface area contributed by atoms with Crippen LogP contribution in [0.5, 0.6) is 0 Å². The van der Waals surface area contributed by atoms with Crippen molar-refractivity contribution in [3.8, 4) is 0 Å². The molecule has 2 rings (SSSR count). The number of H-pyrrole nitrogens is 1. The Hall–Kier alpha value is -1.42. The molecule has 0 aliphatic heterocycles. The lowest BCUT2D eigenvalue weighted by atomic mass is 10.1. The first-order valence-corrected chi connectivity index (χ1v) is 6.51. The highest BCUT2D eigenvalue weighted by Crippen LogP contribution is 2.15. The van der Waals surface area contributed by atoms with E-state index < -0.39 is 0 Å². The Morgan fingerprint density at radius 2 is 2.17 bits per heavy atom. The third kappa shape index (κ3) is 2.88. The van der Waals surface area contributed by atoms with Crippen LogP contribution in [0.25, 0.3) is 0 Å². The molecule has 0 unspecified atom stereocenters. The molecule has 0 atom stereocenters. The number of aromatic amines is 1. The average Bonchev–Trinajstić information content (AvgIpc) is 2.68. The van der Waals surface area contributed by atoms with Gasteiger partial charge in [-0.1, -0.05) is 26.0 Å². The van der Waals surface area contributed by atoms with Gasteiger partial charge < -0.3 is 9.55 Å². The molecule has 96 valence electrons. The number of hydrogen-bond donors (Lipinski definition) is 1. The average molecular weight is 264 g/mol. The van der Waals surface area contributed by atoms with Crippen molar-refractivity contribution >= 4 is 12.2 Å². The highest BCUT2D eigenvalue weighted by molar-refractivity contribution is 7.71. The van der Waals surface area contributed by atoms with Crippen LogP contribution in [-0.4, -0.2) is 9.55 Å². The molecule has 18 heavy (non-hydrogen) atoms. The maximum atomic E-state index is 13.1. The molecule has 0 saturated heterocycles. The summed E-state index contributed by atoms with van der Waals surface area (Å²) >= 11 is 5.27. The van der Waals surface area contributed by atoms with Crippen LogP contribution >= 0.6 is 12.2 Å². The van der Waals surface area contributed by atoms with E-state index in [-0.39, 0.29) is 5.82 Å². The highest BCUT2D eigenvalue weighted by atomic mass is 32.1. The Morgan fingerprint density at radius 1 is 1.39 bits per heavy atom. The van der Waals surface area contributed by atoms with Gasteiger partial charge in [0.05, 0.1) is 0 Å². The monoisotopic (exact) mass is 264 g/mol. The van der Waals surface area contributed by atoms with E-state index in [9.17, 15) is 4.39 Å². The van der Waals surface area contributed by atoms with E-state index in [1.165, 1.54) is 11.8 Å². The van der Waals surface area contributed by atoms with E-state index in [4.69, 9.17) is 12.2 Å². The van der Waals surface area contributed by atoms with Gasteiger partial charge in [0.15, 0.2) is 4.77 Å². The van der Waals surface area contributed by atoms with Gasteiger partial charge in [-0.15, -0.1) is 0 Å². The van der Waals surface area contributed by atoms with E-state index >= 15 is 0 Å². The van der Waals surface area contributed by atoms with Crippen molar-refractivity contribution in [2.45, 2.75) is 32.7 Å². The molecule has 0 radical (unpaired) electrons. The first-order valence-electron chi connectivity index (χ1n) is 6.10. The van der Waals surface area contributed by atoms with Crippen LogP contribution in [0.4, 0.5) is 4.39 Å². The Morgan fingerprint density at radius 3 is 2.83 bits per heavy atom. The number of imidazole rings is 1. The zero-order valence-electron chi connectivity index (χ0n) is 10.6.